The molecule has 0 saturated carbocycles. The van der Waals surface area contributed by atoms with Crippen LogP contribution in [0.4, 0.5) is 5.82 Å². The van der Waals surface area contributed by atoms with Crippen LogP contribution in [0.15, 0.2) is 43.0 Å². The topological polar surface area (TPSA) is 94.4 Å². The summed E-state index contributed by atoms with van der Waals surface area (Å²) in [5, 5.41) is 3.09. The van der Waals surface area contributed by atoms with Gasteiger partial charge < -0.3 is 19.7 Å². The fourth-order valence-electron chi connectivity index (χ4n) is 4.47. The number of aryl methyl sites for hydroxylation is 1. The number of methoxy groups -OCH3 is 1. The van der Waals surface area contributed by atoms with Gasteiger partial charge in [-0.15, -0.1) is 0 Å². The van der Waals surface area contributed by atoms with Crippen molar-refractivity contribution in [1.29, 1.82) is 0 Å². The van der Waals surface area contributed by atoms with Crippen molar-refractivity contribution >= 4 is 11.7 Å². The number of carbonyl (C=O) groups is 1. The van der Waals surface area contributed by atoms with E-state index in [0.717, 1.165) is 55.1 Å². The van der Waals surface area contributed by atoms with Crippen LogP contribution in [0.25, 0.3) is 5.95 Å². The second-order valence-corrected chi connectivity index (χ2v) is 8.70. The molecule has 4 rings (SSSR count). The minimum atomic E-state index is 0.0559. The zero-order valence-electron chi connectivity index (χ0n) is 20.7. The lowest BCUT2D eigenvalue weighted by atomic mass is 9.99. The van der Waals surface area contributed by atoms with Gasteiger partial charge in [0.25, 0.3) is 0 Å². The van der Waals surface area contributed by atoms with Crippen LogP contribution >= 0.6 is 0 Å². The van der Waals surface area contributed by atoms with Crippen LogP contribution in [0, 0.1) is 6.92 Å². The predicted octanol–water partition coefficient (Wildman–Crippen LogP) is 3.49. The number of anilines is 1. The smallest absolute Gasteiger partial charge is 0.237 e. The van der Waals surface area contributed by atoms with E-state index in [1.807, 2.05) is 44.3 Å². The maximum absolute atomic E-state index is 12.8. The molecule has 1 aliphatic rings. The number of ether oxygens (including phenoxy) is 2. The molecule has 1 unspecified atom stereocenters. The van der Waals surface area contributed by atoms with E-state index in [4.69, 9.17) is 14.5 Å². The SMILES string of the molecule is CCOc1ccc(CCNC(=O)CC2CCCCN2c2cc(C)nc(-n3ccnc3)n2)cc1OC. The molecular weight excluding hydrogens is 444 g/mol. The summed E-state index contributed by atoms with van der Waals surface area (Å²) in [6, 6.07) is 8.00. The van der Waals surface area contributed by atoms with Crippen LogP contribution in [0.1, 0.15) is 43.9 Å². The molecule has 1 fully saturated rings. The Labute approximate surface area is 206 Å². The fraction of sp³-hybridized carbons (Fsp3) is 0.462. The largest absolute Gasteiger partial charge is 0.493 e. The van der Waals surface area contributed by atoms with Gasteiger partial charge in [-0.3, -0.25) is 9.36 Å². The molecule has 186 valence electrons. The molecule has 1 aromatic carbocycles. The van der Waals surface area contributed by atoms with Crippen molar-refractivity contribution in [2.24, 2.45) is 0 Å². The van der Waals surface area contributed by atoms with E-state index >= 15 is 0 Å². The van der Waals surface area contributed by atoms with Crippen molar-refractivity contribution in [3.63, 3.8) is 0 Å². The Kier molecular flexibility index (Phi) is 8.18. The lowest BCUT2D eigenvalue weighted by Gasteiger charge is -2.36. The Morgan fingerprint density at radius 3 is 2.86 bits per heavy atom. The Hall–Kier alpha value is -3.62. The zero-order valence-corrected chi connectivity index (χ0v) is 20.7. The van der Waals surface area contributed by atoms with Gasteiger partial charge in [-0.25, -0.2) is 9.97 Å². The number of amides is 1. The number of piperidine rings is 1. The number of nitrogens with zero attached hydrogens (tertiary/aromatic N) is 5. The highest BCUT2D eigenvalue weighted by Gasteiger charge is 2.26. The van der Waals surface area contributed by atoms with Gasteiger partial charge in [0.15, 0.2) is 11.5 Å². The number of benzene rings is 1. The maximum Gasteiger partial charge on any atom is 0.237 e. The third-order valence-corrected chi connectivity index (χ3v) is 6.17. The highest BCUT2D eigenvalue weighted by Crippen LogP contribution is 2.28. The van der Waals surface area contributed by atoms with Gasteiger partial charge in [-0.05, 0) is 57.2 Å². The monoisotopic (exact) mass is 478 g/mol. The quantitative estimate of drug-likeness (QED) is 0.477. The van der Waals surface area contributed by atoms with Gasteiger partial charge in [0.05, 0.1) is 13.7 Å². The molecule has 2 aromatic heterocycles. The summed E-state index contributed by atoms with van der Waals surface area (Å²) < 4.78 is 12.8. The van der Waals surface area contributed by atoms with Crippen molar-refractivity contribution < 1.29 is 14.3 Å². The molecule has 1 atom stereocenters. The van der Waals surface area contributed by atoms with Gasteiger partial charge in [-0.1, -0.05) is 6.07 Å². The number of aromatic nitrogens is 4. The van der Waals surface area contributed by atoms with E-state index in [0.29, 0.717) is 31.3 Å². The average molecular weight is 479 g/mol. The van der Waals surface area contributed by atoms with Crippen molar-refractivity contribution in [2.45, 2.75) is 52.0 Å². The Morgan fingerprint density at radius 1 is 1.20 bits per heavy atom. The number of carbonyl (C=O) groups excluding carboxylic acids is 1. The van der Waals surface area contributed by atoms with Crippen molar-refractivity contribution in [1.82, 2.24) is 24.8 Å². The molecule has 35 heavy (non-hydrogen) atoms. The van der Waals surface area contributed by atoms with E-state index in [1.165, 1.54) is 0 Å². The average Bonchev–Trinajstić information content (AvgIpc) is 3.40. The van der Waals surface area contributed by atoms with Crippen LogP contribution in [-0.4, -0.2) is 58.3 Å². The highest BCUT2D eigenvalue weighted by atomic mass is 16.5. The van der Waals surface area contributed by atoms with Crippen molar-refractivity contribution in [2.75, 3.05) is 31.7 Å². The number of imidazole rings is 1. The van der Waals surface area contributed by atoms with Crippen LogP contribution in [0.3, 0.4) is 0 Å². The van der Waals surface area contributed by atoms with Gasteiger partial charge in [0.1, 0.15) is 12.1 Å². The van der Waals surface area contributed by atoms with E-state index in [1.54, 1.807) is 24.2 Å². The number of hydrogen-bond acceptors (Lipinski definition) is 7. The molecule has 1 N–H and O–H groups in total. The highest BCUT2D eigenvalue weighted by molar-refractivity contribution is 5.77. The first-order valence-electron chi connectivity index (χ1n) is 12.2. The zero-order chi connectivity index (χ0) is 24.6. The molecule has 0 spiro atoms. The molecule has 3 aromatic rings. The van der Waals surface area contributed by atoms with Gasteiger partial charge in [0, 0.05) is 49.7 Å². The lowest BCUT2D eigenvalue weighted by Crippen LogP contribution is -2.43. The minimum absolute atomic E-state index is 0.0559. The Morgan fingerprint density at radius 2 is 2.09 bits per heavy atom. The second-order valence-electron chi connectivity index (χ2n) is 8.70. The van der Waals surface area contributed by atoms with Crippen LogP contribution in [0.2, 0.25) is 0 Å². The first-order valence-corrected chi connectivity index (χ1v) is 12.2. The van der Waals surface area contributed by atoms with E-state index in [2.05, 4.69) is 20.2 Å². The molecular formula is C26H34N6O3. The lowest BCUT2D eigenvalue weighted by molar-refractivity contribution is -0.121. The predicted molar refractivity (Wildman–Crippen MR) is 134 cm³/mol. The van der Waals surface area contributed by atoms with Crippen LogP contribution in [-0.2, 0) is 11.2 Å². The molecule has 1 aliphatic heterocycles. The molecule has 1 saturated heterocycles. The molecule has 0 aliphatic carbocycles. The van der Waals surface area contributed by atoms with Gasteiger partial charge in [-0.2, -0.15) is 4.98 Å². The van der Waals surface area contributed by atoms with E-state index in [9.17, 15) is 4.79 Å². The van der Waals surface area contributed by atoms with E-state index < -0.39 is 0 Å². The standard InChI is InChI=1S/C26H34N6O3/c1-4-35-22-9-8-20(16-23(22)34-3)10-11-28-25(33)17-21-7-5-6-13-32(21)24-15-19(2)29-26(30-24)31-14-12-27-18-31/h8-9,12,14-16,18,21H,4-7,10-11,13,17H2,1-3H3,(H,28,33). The maximum atomic E-state index is 12.8. The first kappa shape index (κ1) is 24.5. The fourth-order valence-corrected chi connectivity index (χ4v) is 4.47. The van der Waals surface area contributed by atoms with Crippen molar-refractivity contribution in [3.05, 3.63) is 54.2 Å². The number of hydrogen-bond donors (Lipinski definition) is 1. The number of rotatable bonds is 10. The van der Waals surface area contributed by atoms with Gasteiger partial charge in [0.2, 0.25) is 11.9 Å². The van der Waals surface area contributed by atoms with Crippen LogP contribution < -0.4 is 19.7 Å². The summed E-state index contributed by atoms with van der Waals surface area (Å²) in [4.78, 5) is 28.5. The Balaban J connectivity index is 1.36. The van der Waals surface area contributed by atoms with Gasteiger partial charge >= 0.3 is 0 Å². The summed E-state index contributed by atoms with van der Waals surface area (Å²) in [6.07, 6.45) is 9.56. The summed E-state index contributed by atoms with van der Waals surface area (Å²) in [5.41, 5.74) is 1.98. The number of nitrogens with one attached hydrogen (secondary N) is 1. The molecule has 9 heteroatoms. The molecule has 1 amide bonds. The summed E-state index contributed by atoms with van der Waals surface area (Å²) in [6.45, 7) is 5.95. The molecule has 0 radical (unpaired) electrons. The summed E-state index contributed by atoms with van der Waals surface area (Å²) in [7, 11) is 1.64. The summed E-state index contributed by atoms with van der Waals surface area (Å²) >= 11 is 0. The molecule has 3 heterocycles. The second kappa shape index (κ2) is 11.7. The van der Waals surface area contributed by atoms with E-state index in [-0.39, 0.29) is 11.9 Å². The molecule has 0 bridgehead atoms. The molecule has 9 nitrogen and oxygen atoms in total. The third kappa shape index (κ3) is 6.29. The first-order chi connectivity index (χ1) is 17.1. The minimum Gasteiger partial charge on any atom is -0.493 e. The van der Waals surface area contributed by atoms with Crippen LogP contribution in [0.5, 0.6) is 11.5 Å². The normalized spacial score (nSPS) is 15.6. The van der Waals surface area contributed by atoms with Crippen molar-refractivity contribution in [3.8, 4) is 17.4 Å². The third-order valence-electron chi connectivity index (χ3n) is 6.17. The summed E-state index contributed by atoms with van der Waals surface area (Å²) in [5.74, 6) is 2.96. The Bertz CT molecular complexity index is 1120.